The fourth-order valence-electron chi connectivity index (χ4n) is 3.18. The number of likely N-dealkylation sites (N-methyl/N-ethyl adjacent to an activating group) is 1. The minimum atomic E-state index is -1.18. The first kappa shape index (κ1) is 16.0. The Labute approximate surface area is 141 Å². The van der Waals surface area contributed by atoms with Gasteiger partial charge in [-0.2, -0.15) is 0 Å². The summed E-state index contributed by atoms with van der Waals surface area (Å²) in [6, 6.07) is 14.7. The van der Waals surface area contributed by atoms with E-state index in [1.54, 1.807) is 18.3 Å². The van der Waals surface area contributed by atoms with Crippen molar-refractivity contribution in [3.05, 3.63) is 71.4 Å². The summed E-state index contributed by atoms with van der Waals surface area (Å²) >= 11 is 0. The Morgan fingerprint density at radius 1 is 1.12 bits per heavy atom. The number of hydrogen-bond donors (Lipinski definition) is 0. The number of carbonyl (C=O) groups is 1. The fourth-order valence-corrected chi connectivity index (χ4v) is 3.18. The highest BCUT2D eigenvalue weighted by atomic mass is 16.4. The van der Waals surface area contributed by atoms with Gasteiger partial charge in [-0.1, -0.05) is 44.2 Å². The van der Waals surface area contributed by atoms with Crippen LogP contribution < -0.4 is 10.0 Å². The SMILES string of the molecule is CN1/C(=C\C=Nc2ccc(C(=O)[O-])cc2)C(C)(C)c2ccccc21. The number of aromatic carboxylic acids is 1. The summed E-state index contributed by atoms with van der Waals surface area (Å²) in [6.07, 6.45) is 3.76. The molecule has 0 radical (unpaired) electrons. The van der Waals surface area contributed by atoms with E-state index in [0.29, 0.717) is 5.69 Å². The van der Waals surface area contributed by atoms with Crippen LogP contribution in [0.1, 0.15) is 29.8 Å². The molecule has 0 saturated carbocycles. The normalized spacial score (nSPS) is 17.5. The van der Waals surface area contributed by atoms with Crippen molar-refractivity contribution in [2.45, 2.75) is 19.3 Å². The number of nitrogens with zero attached hydrogens (tertiary/aromatic N) is 2. The maximum Gasteiger partial charge on any atom is 0.0715 e. The molecule has 0 aromatic heterocycles. The Kier molecular flexibility index (Phi) is 3.97. The Morgan fingerprint density at radius 3 is 2.42 bits per heavy atom. The minimum Gasteiger partial charge on any atom is -0.545 e. The van der Waals surface area contributed by atoms with Gasteiger partial charge in [-0.3, -0.25) is 4.99 Å². The van der Waals surface area contributed by atoms with Crippen LogP contribution in [0.25, 0.3) is 0 Å². The number of para-hydroxylation sites is 1. The van der Waals surface area contributed by atoms with Gasteiger partial charge in [0.2, 0.25) is 0 Å². The molecule has 0 saturated heterocycles. The van der Waals surface area contributed by atoms with Gasteiger partial charge in [-0.25, -0.2) is 0 Å². The summed E-state index contributed by atoms with van der Waals surface area (Å²) < 4.78 is 0. The first-order valence-corrected chi connectivity index (χ1v) is 7.81. The molecule has 0 N–H and O–H groups in total. The predicted octanol–water partition coefficient (Wildman–Crippen LogP) is 3.06. The lowest BCUT2D eigenvalue weighted by Gasteiger charge is -2.23. The average Bonchev–Trinajstić information content (AvgIpc) is 2.76. The number of allylic oxidation sites excluding steroid dienone is 2. The highest BCUT2D eigenvalue weighted by Crippen LogP contribution is 2.46. The molecule has 0 amide bonds. The van der Waals surface area contributed by atoms with Crippen LogP contribution in [-0.4, -0.2) is 19.2 Å². The van der Waals surface area contributed by atoms with Crippen molar-refractivity contribution in [3.8, 4) is 0 Å². The van der Waals surface area contributed by atoms with Gasteiger partial charge < -0.3 is 14.8 Å². The number of benzene rings is 2. The van der Waals surface area contributed by atoms with E-state index < -0.39 is 5.97 Å². The summed E-state index contributed by atoms with van der Waals surface area (Å²) in [5.41, 5.74) is 4.44. The van der Waals surface area contributed by atoms with E-state index in [0.717, 1.165) is 0 Å². The molecular formula is C20H19N2O2-. The molecule has 0 atom stereocenters. The van der Waals surface area contributed by atoms with Crippen LogP contribution in [0.4, 0.5) is 11.4 Å². The number of rotatable bonds is 3. The molecule has 3 rings (SSSR count). The van der Waals surface area contributed by atoms with Crippen molar-refractivity contribution in [1.82, 2.24) is 0 Å². The quantitative estimate of drug-likeness (QED) is 0.817. The number of carboxylic acid groups (broad SMARTS) is 1. The molecule has 1 heterocycles. The van der Waals surface area contributed by atoms with Gasteiger partial charge in [0.1, 0.15) is 0 Å². The summed E-state index contributed by atoms with van der Waals surface area (Å²) in [4.78, 5) is 17.3. The third-order valence-electron chi connectivity index (χ3n) is 4.50. The summed E-state index contributed by atoms with van der Waals surface area (Å²) in [6.45, 7) is 4.40. The van der Waals surface area contributed by atoms with E-state index in [2.05, 4.69) is 49.0 Å². The highest BCUT2D eigenvalue weighted by molar-refractivity contribution is 5.86. The summed E-state index contributed by atoms with van der Waals surface area (Å²) in [7, 11) is 2.06. The molecule has 0 unspecified atom stereocenters. The zero-order chi connectivity index (χ0) is 17.3. The number of aliphatic imine (C=N–C) groups is 1. The average molecular weight is 319 g/mol. The summed E-state index contributed by atoms with van der Waals surface area (Å²) in [5, 5.41) is 10.8. The maximum absolute atomic E-state index is 10.8. The van der Waals surface area contributed by atoms with E-state index >= 15 is 0 Å². The third kappa shape index (κ3) is 2.71. The van der Waals surface area contributed by atoms with Crippen molar-refractivity contribution in [1.29, 1.82) is 0 Å². The molecule has 24 heavy (non-hydrogen) atoms. The molecule has 122 valence electrons. The Hall–Kier alpha value is -2.88. The molecule has 1 aliphatic heterocycles. The fraction of sp³-hybridized carbons (Fsp3) is 0.200. The monoisotopic (exact) mass is 319 g/mol. The number of carbonyl (C=O) groups excluding carboxylic acids is 1. The molecule has 0 spiro atoms. The van der Waals surface area contributed by atoms with Gasteiger partial charge >= 0.3 is 0 Å². The first-order chi connectivity index (χ1) is 11.4. The molecule has 1 aliphatic rings. The third-order valence-corrected chi connectivity index (χ3v) is 4.50. The van der Waals surface area contributed by atoms with Crippen molar-refractivity contribution in [2.24, 2.45) is 4.99 Å². The van der Waals surface area contributed by atoms with Crippen LogP contribution in [0, 0.1) is 0 Å². The smallest absolute Gasteiger partial charge is 0.0715 e. The van der Waals surface area contributed by atoms with E-state index in [-0.39, 0.29) is 11.0 Å². The molecular weight excluding hydrogens is 300 g/mol. The van der Waals surface area contributed by atoms with Gasteiger partial charge in [0.15, 0.2) is 0 Å². The topological polar surface area (TPSA) is 55.7 Å². The Morgan fingerprint density at radius 2 is 1.79 bits per heavy atom. The number of carboxylic acids is 1. The van der Waals surface area contributed by atoms with Crippen molar-refractivity contribution in [2.75, 3.05) is 11.9 Å². The predicted molar refractivity (Wildman–Crippen MR) is 94.9 cm³/mol. The second-order valence-corrected chi connectivity index (χ2v) is 6.37. The second kappa shape index (κ2) is 5.96. The largest absolute Gasteiger partial charge is 0.545 e. The molecule has 2 aromatic rings. The van der Waals surface area contributed by atoms with E-state index in [4.69, 9.17) is 0 Å². The van der Waals surface area contributed by atoms with E-state index in [1.165, 1.54) is 29.1 Å². The van der Waals surface area contributed by atoms with E-state index in [9.17, 15) is 9.90 Å². The van der Waals surface area contributed by atoms with Crippen LogP contribution in [0.2, 0.25) is 0 Å². The van der Waals surface area contributed by atoms with Crippen molar-refractivity contribution >= 4 is 23.6 Å². The molecule has 4 nitrogen and oxygen atoms in total. The van der Waals surface area contributed by atoms with Gasteiger partial charge in [0.05, 0.1) is 11.7 Å². The maximum atomic E-state index is 10.8. The van der Waals surface area contributed by atoms with Crippen molar-refractivity contribution in [3.63, 3.8) is 0 Å². The van der Waals surface area contributed by atoms with E-state index in [1.807, 2.05) is 12.1 Å². The molecule has 0 fully saturated rings. The Bertz CT molecular complexity index is 833. The van der Waals surface area contributed by atoms with Gasteiger partial charge in [-0.15, -0.1) is 0 Å². The van der Waals surface area contributed by atoms with Crippen LogP contribution in [0.5, 0.6) is 0 Å². The lowest BCUT2D eigenvalue weighted by atomic mass is 9.84. The van der Waals surface area contributed by atoms with Crippen molar-refractivity contribution < 1.29 is 9.90 Å². The van der Waals surface area contributed by atoms with Gasteiger partial charge in [-0.05, 0) is 35.4 Å². The molecule has 0 aliphatic carbocycles. The number of hydrogen-bond acceptors (Lipinski definition) is 4. The van der Waals surface area contributed by atoms with Crippen LogP contribution in [0.3, 0.4) is 0 Å². The minimum absolute atomic E-state index is 0.0871. The Balaban J connectivity index is 1.86. The lowest BCUT2D eigenvalue weighted by molar-refractivity contribution is -0.255. The standard InChI is InChI=1S/C20H20N2O2/c1-20(2)16-6-4-5-7-17(16)22(3)18(20)12-13-21-15-10-8-14(9-11-15)19(23)24/h4-13H,1-3H3,(H,23,24)/p-1/b18-12-,21-13?. The second-order valence-electron chi connectivity index (χ2n) is 6.37. The van der Waals surface area contributed by atoms with Crippen LogP contribution in [-0.2, 0) is 5.41 Å². The molecule has 4 heteroatoms. The highest BCUT2D eigenvalue weighted by Gasteiger charge is 2.37. The number of fused-ring (bicyclic) bond motifs is 1. The van der Waals surface area contributed by atoms with Crippen LogP contribution in [0.15, 0.2) is 65.3 Å². The lowest BCUT2D eigenvalue weighted by Crippen LogP contribution is -2.23. The molecule has 0 bridgehead atoms. The van der Waals surface area contributed by atoms with Crippen LogP contribution >= 0.6 is 0 Å². The number of anilines is 1. The summed E-state index contributed by atoms with van der Waals surface area (Å²) in [5.74, 6) is -1.18. The zero-order valence-electron chi connectivity index (χ0n) is 14.0. The van der Waals surface area contributed by atoms with Gasteiger partial charge in [0.25, 0.3) is 0 Å². The van der Waals surface area contributed by atoms with Gasteiger partial charge in [0, 0.05) is 30.1 Å². The first-order valence-electron chi connectivity index (χ1n) is 7.81. The zero-order valence-corrected chi connectivity index (χ0v) is 14.0. The molecule has 2 aromatic carbocycles.